The number of nitrogen functional groups attached to an aromatic ring is 1. The second kappa shape index (κ2) is 5.14. The van der Waals surface area contributed by atoms with Crippen LogP contribution in [0.15, 0.2) is 44.7 Å². The molecular weight excluding hydrogens is 326 g/mol. The zero-order valence-electron chi connectivity index (χ0n) is 9.84. The number of aromatic nitrogens is 2. The smallest absolute Gasteiger partial charge is 0.260 e. The molecule has 0 saturated heterocycles. The quantitative estimate of drug-likeness (QED) is 0.740. The Kier molecular flexibility index (Phi) is 3.35. The van der Waals surface area contributed by atoms with E-state index in [9.17, 15) is 0 Å². The van der Waals surface area contributed by atoms with Crippen LogP contribution in [0.4, 0.5) is 5.69 Å². The molecule has 19 heavy (non-hydrogen) atoms. The van der Waals surface area contributed by atoms with Crippen molar-refractivity contribution >= 4 is 33.0 Å². The first-order valence-corrected chi connectivity index (χ1v) is 7.30. The Balaban J connectivity index is 1.91. The van der Waals surface area contributed by atoms with Crippen molar-refractivity contribution in [1.29, 1.82) is 0 Å². The normalized spacial score (nSPS) is 10.8. The lowest BCUT2D eigenvalue weighted by molar-refractivity contribution is 0.424. The van der Waals surface area contributed by atoms with Gasteiger partial charge in [-0.05, 0) is 39.5 Å². The van der Waals surface area contributed by atoms with E-state index in [1.54, 1.807) is 11.3 Å². The Bertz CT molecular complexity index is 694. The van der Waals surface area contributed by atoms with E-state index in [0.717, 1.165) is 10.0 Å². The molecule has 4 nitrogen and oxygen atoms in total. The maximum Gasteiger partial charge on any atom is 0.260 e. The third-order valence-corrected chi connectivity index (χ3v) is 4.23. The molecule has 0 aliphatic rings. The van der Waals surface area contributed by atoms with Gasteiger partial charge in [-0.15, -0.1) is 11.3 Å². The van der Waals surface area contributed by atoms with Gasteiger partial charge in [0.1, 0.15) is 0 Å². The molecule has 3 rings (SSSR count). The number of halogens is 1. The van der Waals surface area contributed by atoms with E-state index in [2.05, 4.69) is 26.1 Å². The zero-order valence-corrected chi connectivity index (χ0v) is 12.2. The number of nitrogens with two attached hydrogens (primary N) is 1. The van der Waals surface area contributed by atoms with Crippen LogP contribution >= 0.6 is 27.3 Å². The second-order valence-corrected chi connectivity index (χ2v) is 5.86. The van der Waals surface area contributed by atoms with E-state index in [-0.39, 0.29) is 0 Å². The lowest BCUT2D eigenvalue weighted by Crippen LogP contribution is -1.92. The van der Waals surface area contributed by atoms with Crippen LogP contribution in [0.25, 0.3) is 11.5 Å². The predicted octanol–water partition coefficient (Wildman–Crippen LogP) is 3.73. The minimum atomic E-state index is 0.449. The summed E-state index contributed by atoms with van der Waals surface area (Å²) in [5, 5.41) is 6.02. The molecule has 0 saturated carbocycles. The summed E-state index contributed by atoms with van der Waals surface area (Å²) in [7, 11) is 0. The Hall–Kier alpha value is -1.66. The van der Waals surface area contributed by atoms with E-state index in [4.69, 9.17) is 10.3 Å². The molecule has 0 radical (unpaired) electrons. The molecule has 0 atom stereocenters. The van der Waals surface area contributed by atoms with Gasteiger partial charge in [-0.2, -0.15) is 4.98 Å². The number of anilines is 1. The lowest BCUT2D eigenvalue weighted by Gasteiger charge is -2.01. The summed E-state index contributed by atoms with van der Waals surface area (Å²) in [6.45, 7) is 0. The maximum absolute atomic E-state index is 5.99. The number of hydrogen-bond donors (Lipinski definition) is 1. The summed E-state index contributed by atoms with van der Waals surface area (Å²) in [4.78, 5) is 5.59. The van der Waals surface area contributed by atoms with Crippen LogP contribution in [0, 0.1) is 0 Å². The molecule has 6 heteroatoms. The molecule has 0 aliphatic heterocycles. The highest BCUT2D eigenvalue weighted by Crippen LogP contribution is 2.30. The maximum atomic E-state index is 5.99. The number of benzene rings is 1. The molecule has 0 bridgehead atoms. The molecule has 0 fully saturated rings. The highest BCUT2D eigenvalue weighted by atomic mass is 79.9. The van der Waals surface area contributed by atoms with Crippen LogP contribution in [0.1, 0.15) is 10.7 Å². The molecule has 0 spiro atoms. The predicted molar refractivity (Wildman–Crippen MR) is 79.0 cm³/mol. The second-order valence-electron chi connectivity index (χ2n) is 3.97. The van der Waals surface area contributed by atoms with Crippen molar-refractivity contribution in [3.05, 3.63) is 50.9 Å². The number of thiophene rings is 1. The van der Waals surface area contributed by atoms with Gasteiger partial charge in [-0.3, -0.25) is 0 Å². The Labute approximate surface area is 122 Å². The summed E-state index contributed by atoms with van der Waals surface area (Å²) in [5.41, 5.74) is 7.34. The average molecular weight is 336 g/mol. The van der Waals surface area contributed by atoms with Gasteiger partial charge in [-0.25, -0.2) is 0 Å². The Morgan fingerprint density at radius 2 is 2.16 bits per heavy atom. The van der Waals surface area contributed by atoms with Gasteiger partial charge in [0.05, 0.1) is 11.3 Å². The number of rotatable bonds is 3. The summed E-state index contributed by atoms with van der Waals surface area (Å²) < 4.78 is 6.10. The first-order chi connectivity index (χ1) is 9.24. The monoisotopic (exact) mass is 335 g/mol. The highest BCUT2D eigenvalue weighted by Gasteiger charge is 2.13. The van der Waals surface area contributed by atoms with Crippen LogP contribution in [0.3, 0.4) is 0 Å². The van der Waals surface area contributed by atoms with Crippen LogP contribution in [0.2, 0.25) is 0 Å². The molecule has 96 valence electrons. The summed E-state index contributed by atoms with van der Waals surface area (Å²) in [6, 6.07) is 9.69. The summed E-state index contributed by atoms with van der Waals surface area (Å²) in [5.74, 6) is 1.11. The Morgan fingerprint density at radius 3 is 2.95 bits per heavy atom. The van der Waals surface area contributed by atoms with Crippen LogP contribution in [-0.4, -0.2) is 10.1 Å². The minimum Gasteiger partial charge on any atom is -0.397 e. The number of para-hydroxylation sites is 1. The largest absolute Gasteiger partial charge is 0.397 e. The molecule has 0 unspecified atom stereocenters. The van der Waals surface area contributed by atoms with E-state index < -0.39 is 0 Å². The topological polar surface area (TPSA) is 64.9 Å². The zero-order chi connectivity index (χ0) is 13.2. The van der Waals surface area contributed by atoms with Gasteiger partial charge in [0, 0.05) is 15.8 Å². The van der Waals surface area contributed by atoms with Crippen LogP contribution in [-0.2, 0) is 6.42 Å². The van der Waals surface area contributed by atoms with Crippen molar-refractivity contribution in [2.45, 2.75) is 6.42 Å². The molecule has 0 amide bonds. The van der Waals surface area contributed by atoms with Crippen molar-refractivity contribution in [2.75, 3.05) is 5.73 Å². The van der Waals surface area contributed by atoms with Crippen LogP contribution < -0.4 is 5.73 Å². The lowest BCUT2D eigenvalue weighted by atomic mass is 10.2. The minimum absolute atomic E-state index is 0.449. The van der Waals surface area contributed by atoms with Crippen molar-refractivity contribution in [3.63, 3.8) is 0 Å². The van der Waals surface area contributed by atoms with E-state index >= 15 is 0 Å². The first kappa shape index (κ1) is 12.4. The SMILES string of the molecule is Nc1c(Br)cccc1-c1nc(Cc2cccs2)no1. The summed E-state index contributed by atoms with van der Waals surface area (Å²) >= 11 is 5.06. The molecular formula is C13H10BrN3OS. The fourth-order valence-electron chi connectivity index (χ4n) is 1.73. The third-order valence-electron chi connectivity index (χ3n) is 2.66. The molecule has 0 aliphatic carbocycles. The Morgan fingerprint density at radius 1 is 1.26 bits per heavy atom. The van der Waals surface area contributed by atoms with Crippen molar-refractivity contribution in [2.24, 2.45) is 0 Å². The van der Waals surface area contributed by atoms with Gasteiger partial charge in [0.15, 0.2) is 5.82 Å². The molecule has 3 aromatic rings. The fourth-order valence-corrected chi connectivity index (χ4v) is 2.80. The van der Waals surface area contributed by atoms with E-state index in [1.165, 1.54) is 4.88 Å². The standard InChI is InChI=1S/C13H10BrN3OS/c14-10-5-1-4-9(12(10)15)13-16-11(17-18-13)7-8-3-2-6-19-8/h1-6H,7,15H2. The molecule has 2 N–H and O–H groups in total. The van der Waals surface area contributed by atoms with Crippen molar-refractivity contribution in [1.82, 2.24) is 10.1 Å². The third kappa shape index (κ3) is 2.54. The van der Waals surface area contributed by atoms with Crippen molar-refractivity contribution in [3.8, 4) is 11.5 Å². The highest BCUT2D eigenvalue weighted by molar-refractivity contribution is 9.10. The van der Waals surface area contributed by atoms with E-state index in [0.29, 0.717) is 23.8 Å². The van der Waals surface area contributed by atoms with Gasteiger partial charge in [-0.1, -0.05) is 17.3 Å². The van der Waals surface area contributed by atoms with E-state index in [1.807, 2.05) is 35.7 Å². The van der Waals surface area contributed by atoms with Crippen molar-refractivity contribution < 1.29 is 4.52 Å². The van der Waals surface area contributed by atoms with Gasteiger partial charge >= 0.3 is 0 Å². The van der Waals surface area contributed by atoms with Gasteiger partial charge < -0.3 is 10.3 Å². The summed E-state index contributed by atoms with van der Waals surface area (Å²) in [6.07, 6.45) is 0.676. The average Bonchev–Trinajstić information content (AvgIpc) is 3.05. The van der Waals surface area contributed by atoms with Gasteiger partial charge in [0.25, 0.3) is 5.89 Å². The first-order valence-electron chi connectivity index (χ1n) is 5.63. The fraction of sp³-hybridized carbons (Fsp3) is 0.0769. The molecule has 1 aromatic carbocycles. The number of hydrogen-bond acceptors (Lipinski definition) is 5. The molecule has 2 heterocycles. The number of nitrogens with zero attached hydrogens (tertiary/aromatic N) is 2. The van der Waals surface area contributed by atoms with Crippen LogP contribution in [0.5, 0.6) is 0 Å². The molecule has 2 aromatic heterocycles. The van der Waals surface area contributed by atoms with Gasteiger partial charge in [0.2, 0.25) is 0 Å².